The first-order valence-corrected chi connectivity index (χ1v) is 9.02. The zero-order chi connectivity index (χ0) is 19.2. The molecule has 0 saturated carbocycles. The van der Waals surface area contributed by atoms with Gasteiger partial charge in [-0.15, -0.1) is 0 Å². The lowest BCUT2D eigenvalue weighted by atomic mass is 9.95. The summed E-state index contributed by atoms with van der Waals surface area (Å²) >= 11 is 0. The number of carboxylic acid groups (broad SMARTS) is 1. The Balaban J connectivity index is 1.93. The number of para-hydroxylation sites is 1. The van der Waals surface area contributed by atoms with E-state index in [0.29, 0.717) is 37.3 Å². The quantitative estimate of drug-likeness (QED) is 0.650. The van der Waals surface area contributed by atoms with Crippen LogP contribution in [0.1, 0.15) is 24.0 Å². The predicted molar refractivity (Wildman–Crippen MR) is 104 cm³/mol. The summed E-state index contributed by atoms with van der Waals surface area (Å²) < 4.78 is 5.41. The molecule has 2 aromatic rings. The third-order valence-corrected chi connectivity index (χ3v) is 4.89. The highest BCUT2D eigenvalue weighted by Gasteiger charge is 2.28. The molecule has 1 amide bonds. The minimum absolute atomic E-state index is 0.0871. The van der Waals surface area contributed by atoms with Gasteiger partial charge in [0.15, 0.2) is 0 Å². The number of aliphatic carboxylic acids is 1. The lowest BCUT2D eigenvalue weighted by Gasteiger charge is -2.31. The summed E-state index contributed by atoms with van der Waals surface area (Å²) in [6, 6.07) is 17.1. The number of likely N-dealkylation sites (tertiary alicyclic amines) is 1. The summed E-state index contributed by atoms with van der Waals surface area (Å²) in [4.78, 5) is 26.2. The van der Waals surface area contributed by atoms with Crippen molar-refractivity contribution in [3.8, 4) is 5.75 Å². The summed E-state index contributed by atoms with van der Waals surface area (Å²) in [6.07, 6.45) is 2.81. The molecule has 0 radical (unpaired) electrons. The van der Waals surface area contributed by atoms with Crippen LogP contribution in [0.3, 0.4) is 0 Å². The van der Waals surface area contributed by atoms with Gasteiger partial charge >= 0.3 is 5.97 Å². The second-order valence-corrected chi connectivity index (χ2v) is 6.57. The summed E-state index contributed by atoms with van der Waals surface area (Å²) in [5, 5.41) is 9.17. The Morgan fingerprint density at radius 3 is 2.30 bits per heavy atom. The molecule has 2 aromatic carbocycles. The van der Waals surface area contributed by atoms with Crippen LogP contribution in [0.2, 0.25) is 0 Å². The third kappa shape index (κ3) is 4.37. The molecule has 27 heavy (non-hydrogen) atoms. The van der Waals surface area contributed by atoms with Gasteiger partial charge in [-0.25, -0.2) is 0 Å². The van der Waals surface area contributed by atoms with E-state index in [2.05, 4.69) is 0 Å². The molecule has 1 fully saturated rings. The fraction of sp³-hybridized carbons (Fsp3) is 0.273. The number of rotatable bonds is 5. The number of ether oxygens (including phenoxy) is 1. The van der Waals surface area contributed by atoms with Gasteiger partial charge in [-0.2, -0.15) is 0 Å². The summed E-state index contributed by atoms with van der Waals surface area (Å²) in [5.74, 6) is -0.540. The van der Waals surface area contributed by atoms with Crippen molar-refractivity contribution in [1.29, 1.82) is 0 Å². The van der Waals surface area contributed by atoms with Gasteiger partial charge in [-0.05, 0) is 30.5 Å². The highest BCUT2D eigenvalue weighted by molar-refractivity contribution is 6.24. The molecule has 1 saturated heterocycles. The standard InChI is InChI=1S/C22H23NO4/c1-27-20-10-6-5-9-18(20)15-19(16-7-3-2-4-8-16)21(24)23-13-11-17(12-14-23)22(25)26/h2-10,15,17H,11-14H2,1H3,(H,25,26). The van der Waals surface area contributed by atoms with Gasteiger partial charge in [0.25, 0.3) is 5.91 Å². The Kier molecular flexibility index (Phi) is 5.91. The van der Waals surface area contributed by atoms with Crippen LogP contribution < -0.4 is 4.74 Å². The Morgan fingerprint density at radius 2 is 1.67 bits per heavy atom. The van der Waals surface area contributed by atoms with E-state index >= 15 is 0 Å². The van der Waals surface area contributed by atoms with Crippen molar-refractivity contribution in [3.05, 3.63) is 65.7 Å². The third-order valence-electron chi connectivity index (χ3n) is 4.89. The average molecular weight is 365 g/mol. The number of carbonyl (C=O) groups excluding carboxylic acids is 1. The van der Waals surface area contributed by atoms with Crippen LogP contribution in [-0.4, -0.2) is 42.1 Å². The van der Waals surface area contributed by atoms with Crippen LogP contribution in [0.15, 0.2) is 54.6 Å². The molecule has 5 heteroatoms. The molecular weight excluding hydrogens is 342 g/mol. The Bertz CT molecular complexity index is 836. The van der Waals surface area contributed by atoms with E-state index in [9.17, 15) is 14.7 Å². The molecule has 3 rings (SSSR count). The molecule has 0 bridgehead atoms. The van der Waals surface area contributed by atoms with Crippen LogP contribution in [0.4, 0.5) is 0 Å². The Morgan fingerprint density at radius 1 is 1.04 bits per heavy atom. The molecule has 1 aliphatic heterocycles. The van der Waals surface area contributed by atoms with Crippen LogP contribution in [0.25, 0.3) is 11.6 Å². The predicted octanol–water partition coefficient (Wildman–Crippen LogP) is 3.56. The maximum atomic E-state index is 13.2. The zero-order valence-electron chi connectivity index (χ0n) is 15.3. The highest BCUT2D eigenvalue weighted by atomic mass is 16.5. The first kappa shape index (κ1) is 18.7. The van der Waals surface area contributed by atoms with E-state index in [1.54, 1.807) is 12.0 Å². The molecule has 0 aromatic heterocycles. The smallest absolute Gasteiger partial charge is 0.306 e. The van der Waals surface area contributed by atoms with Crippen molar-refractivity contribution in [1.82, 2.24) is 4.90 Å². The molecule has 0 unspecified atom stereocenters. The first-order chi connectivity index (χ1) is 13.1. The van der Waals surface area contributed by atoms with E-state index in [-0.39, 0.29) is 11.8 Å². The Hall–Kier alpha value is -3.08. The van der Waals surface area contributed by atoms with Gasteiger partial charge in [0.05, 0.1) is 13.0 Å². The van der Waals surface area contributed by atoms with Gasteiger partial charge < -0.3 is 14.7 Å². The Labute approximate surface area is 158 Å². The van der Waals surface area contributed by atoms with Gasteiger partial charge in [0.1, 0.15) is 5.75 Å². The molecule has 0 spiro atoms. The normalized spacial score (nSPS) is 15.4. The number of benzene rings is 2. The van der Waals surface area contributed by atoms with Crippen molar-refractivity contribution in [2.45, 2.75) is 12.8 Å². The number of methoxy groups -OCH3 is 1. The minimum atomic E-state index is -0.782. The minimum Gasteiger partial charge on any atom is -0.496 e. The fourth-order valence-electron chi connectivity index (χ4n) is 3.33. The van der Waals surface area contributed by atoms with Crippen molar-refractivity contribution in [2.75, 3.05) is 20.2 Å². The highest BCUT2D eigenvalue weighted by Crippen LogP contribution is 2.27. The van der Waals surface area contributed by atoms with Crippen molar-refractivity contribution >= 4 is 23.5 Å². The van der Waals surface area contributed by atoms with Gasteiger partial charge in [0, 0.05) is 24.2 Å². The second kappa shape index (κ2) is 8.54. The number of amides is 1. The van der Waals surface area contributed by atoms with Crippen molar-refractivity contribution < 1.29 is 19.4 Å². The number of carboxylic acids is 1. The van der Waals surface area contributed by atoms with Gasteiger partial charge in [-0.1, -0.05) is 48.5 Å². The molecular formula is C22H23NO4. The summed E-state index contributed by atoms with van der Waals surface area (Å²) in [7, 11) is 1.60. The molecule has 0 atom stereocenters. The first-order valence-electron chi connectivity index (χ1n) is 9.02. The van der Waals surface area contributed by atoms with Crippen molar-refractivity contribution in [2.24, 2.45) is 5.92 Å². The lowest BCUT2D eigenvalue weighted by molar-refractivity contribution is -0.144. The number of nitrogens with zero attached hydrogens (tertiary/aromatic N) is 1. The number of piperidine rings is 1. The van der Waals surface area contributed by atoms with E-state index in [0.717, 1.165) is 11.1 Å². The van der Waals surface area contributed by atoms with E-state index < -0.39 is 5.97 Å². The largest absolute Gasteiger partial charge is 0.496 e. The molecule has 1 N–H and O–H groups in total. The SMILES string of the molecule is COc1ccccc1C=C(C(=O)N1CCC(C(=O)O)CC1)c1ccccc1. The van der Waals surface area contributed by atoms with Crippen LogP contribution >= 0.6 is 0 Å². The van der Waals surface area contributed by atoms with Crippen molar-refractivity contribution in [3.63, 3.8) is 0 Å². The molecule has 140 valence electrons. The molecule has 1 heterocycles. The second-order valence-electron chi connectivity index (χ2n) is 6.57. The molecule has 0 aliphatic carbocycles. The maximum absolute atomic E-state index is 13.2. The number of hydrogen-bond acceptors (Lipinski definition) is 3. The van der Waals surface area contributed by atoms with E-state index in [1.165, 1.54) is 0 Å². The van der Waals surface area contributed by atoms with Crippen LogP contribution in [0, 0.1) is 5.92 Å². The topological polar surface area (TPSA) is 66.8 Å². The fourth-order valence-corrected chi connectivity index (χ4v) is 3.33. The summed E-state index contributed by atoms with van der Waals surface area (Å²) in [6.45, 7) is 0.901. The zero-order valence-corrected chi connectivity index (χ0v) is 15.3. The maximum Gasteiger partial charge on any atom is 0.306 e. The number of carbonyl (C=O) groups is 2. The number of hydrogen-bond donors (Lipinski definition) is 1. The van der Waals surface area contributed by atoms with Crippen LogP contribution in [0.5, 0.6) is 5.75 Å². The van der Waals surface area contributed by atoms with Crippen LogP contribution in [-0.2, 0) is 9.59 Å². The monoisotopic (exact) mass is 365 g/mol. The molecule has 1 aliphatic rings. The van der Waals surface area contributed by atoms with Gasteiger partial charge in [0.2, 0.25) is 0 Å². The summed E-state index contributed by atoms with van der Waals surface area (Å²) in [5.41, 5.74) is 2.23. The lowest BCUT2D eigenvalue weighted by Crippen LogP contribution is -2.40. The van der Waals surface area contributed by atoms with E-state index in [4.69, 9.17) is 4.74 Å². The van der Waals surface area contributed by atoms with E-state index in [1.807, 2.05) is 60.7 Å². The van der Waals surface area contributed by atoms with Gasteiger partial charge in [-0.3, -0.25) is 9.59 Å². The average Bonchev–Trinajstić information content (AvgIpc) is 2.72. The molecule has 5 nitrogen and oxygen atoms in total.